The van der Waals surface area contributed by atoms with Crippen LogP contribution in [-0.4, -0.2) is 100 Å². The Morgan fingerprint density at radius 1 is 0.932 bits per heavy atom. The van der Waals surface area contributed by atoms with E-state index in [1.165, 1.54) is 4.68 Å². The molecule has 2 N–H and O–H groups in total. The van der Waals surface area contributed by atoms with Crippen molar-refractivity contribution >= 4 is 51.6 Å². The molecular weight excluding hydrogens is 772 g/mol. The van der Waals surface area contributed by atoms with Crippen LogP contribution >= 0.6 is 11.6 Å². The Morgan fingerprint density at radius 2 is 1.68 bits per heavy atom. The molecule has 1 atom stereocenters. The zero-order chi connectivity index (χ0) is 41.6. The lowest BCUT2D eigenvalue weighted by Crippen LogP contribution is -2.74. The van der Waals surface area contributed by atoms with Gasteiger partial charge in [-0.1, -0.05) is 39.3 Å². The number of piperazine rings is 1. The van der Waals surface area contributed by atoms with Crippen LogP contribution in [0.15, 0.2) is 59.8 Å². The van der Waals surface area contributed by atoms with E-state index in [9.17, 15) is 24.4 Å². The van der Waals surface area contributed by atoms with Crippen molar-refractivity contribution in [2.24, 2.45) is 16.7 Å². The van der Waals surface area contributed by atoms with E-state index in [-0.39, 0.29) is 48.1 Å². The SMILES string of the molecule is CC1(C)[C@H](NC(=O)c2cnc(N3CCC(CN4CCN(c5ccc6c(=O)n(C7CCC(=O)NC7=O)ncc6c5)CC4)CC3)cn2)C(C)(C)[C@H]1Oc1ccc(C#N)c(Cl)c1. The number of fused-ring (bicyclic) bond motifs is 1. The van der Waals surface area contributed by atoms with Crippen molar-refractivity contribution in [2.45, 2.75) is 71.6 Å². The summed E-state index contributed by atoms with van der Waals surface area (Å²) in [5.41, 5.74) is 0.583. The number of nitrogens with zero attached hydrogens (tertiary/aromatic N) is 8. The van der Waals surface area contributed by atoms with Gasteiger partial charge in [-0.05, 0) is 55.5 Å². The minimum atomic E-state index is -0.787. The number of benzene rings is 2. The predicted molar refractivity (Wildman–Crippen MR) is 222 cm³/mol. The Kier molecular flexibility index (Phi) is 10.8. The first-order valence-corrected chi connectivity index (χ1v) is 20.7. The van der Waals surface area contributed by atoms with E-state index in [2.05, 4.69) is 74.2 Å². The molecule has 4 aliphatic rings. The smallest absolute Gasteiger partial charge is 0.275 e. The molecule has 2 aromatic carbocycles. The molecule has 3 amide bonds. The molecule has 4 fully saturated rings. The van der Waals surface area contributed by atoms with E-state index in [1.807, 2.05) is 18.2 Å². The predicted octanol–water partition coefficient (Wildman–Crippen LogP) is 4.34. The van der Waals surface area contributed by atoms with Crippen LogP contribution in [0.25, 0.3) is 10.8 Å². The fourth-order valence-electron chi connectivity index (χ4n) is 9.79. The first-order chi connectivity index (χ1) is 28.2. The van der Waals surface area contributed by atoms with Gasteiger partial charge in [-0.3, -0.25) is 29.4 Å². The number of rotatable bonds is 9. The molecule has 308 valence electrons. The van der Waals surface area contributed by atoms with E-state index in [0.29, 0.717) is 27.6 Å². The monoisotopic (exact) mass is 820 g/mol. The Morgan fingerprint density at radius 3 is 2.34 bits per heavy atom. The number of aromatic nitrogens is 4. The van der Waals surface area contributed by atoms with Crippen molar-refractivity contribution < 1.29 is 19.1 Å². The highest BCUT2D eigenvalue weighted by Gasteiger charge is 2.64. The average molecular weight is 821 g/mol. The summed E-state index contributed by atoms with van der Waals surface area (Å²) in [6.07, 6.45) is 7.20. The topological polar surface area (TPSA) is 179 Å². The lowest BCUT2D eigenvalue weighted by atomic mass is 9.49. The lowest BCUT2D eigenvalue weighted by Gasteiger charge is -2.63. The van der Waals surface area contributed by atoms with Crippen molar-refractivity contribution in [2.75, 3.05) is 55.6 Å². The van der Waals surface area contributed by atoms with Gasteiger partial charge in [0.2, 0.25) is 5.91 Å². The number of anilines is 2. The Labute approximate surface area is 347 Å². The quantitative estimate of drug-likeness (QED) is 0.229. The Bertz CT molecular complexity index is 2360. The molecule has 0 radical (unpaired) electrons. The third-order valence-corrected chi connectivity index (χ3v) is 13.1. The van der Waals surface area contributed by atoms with Gasteiger partial charge in [0.15, 0.2) is 0 Å². The van der Waals surface area contributed by atoms with Crippen molar-refractivity contribution in [1.82, 2.24) is 35.3 Å². The maximum atomic E-state index is 13.4. The molecule has 5 heterocycles. The second-order valence-electron chi connectivity index (χ2n) is 17.4. The van der Waals surface area contributed by atoms with E-state index >= 15 is 0 Å². The summed E-state index contributed by atoms with van der Waals surface area (Å²) in [4.78, 5) is 66.9. The van der Waals surface area contributed by atoms with Crippen LogP contribution in [0.1, 0.15) is 75.5 Å². The molecular formula is C43H49ClN10O5. The van der Waals surface area contributed by atoms with Crippen molar-refractivity contribution in [1.29, 1.82) is 5.26 Å². The number of hydrogen-bond donors (Lipinski definition) is 2. The summed E-state index contributed by atoms with van der Waals surface area (Å²) in [7, 11) is 0. The molecule has 1 unspecified atom stereocenters. The molecule has 16 heteroatoms. The first-order valence-electron chi connectivity index (χ1n) is 20.3. The van der Waals surface area contributed by atoms with E-state index in [4.69, 9.17) is 16.3 Å². The zero-order valence-corrected chi connectivity index (χ0v) is 34.5. The van der Waals surface area contributed by atoms with Gasteiger partial charge in [0, 0.05) is 86.2 Å². The minimum absolute atomic E-state index is 0.179. The molecule has 0 bridgehead atoms. The van der Waals surface area contributed by atoms with Gasteiger partial charge in [0.1, 0.15) is 35.5 Å². The van der Waals surface area contributed by atoms with Gasteiger partial charge in [0.25, 0.3) is 17.4 Å². The molecule has 8 rings (SSSR count). The van der Waals surface area contributed by atoms with Gasteiger partial charge < -0.3 is 19.9 Å². The van der Waals surface area contributed by atoms with Crippen molar-refractivity contribution in [3.05, 3.63) is 81.6 Å². The number of carbonyl (C=O) groups is 3. The molecule has 1 saturated carbocycles. The van der Waals surface area contributed by atoms with E-state index in [1.54, 1.807) is 36.8 Å². The standard InChI is InChI=1S/C43H49ClN10O5/c1-42(2)40(43(3,4)41(42)59-30-7-5-27(21-45)32(44)20-30)50-37(56)33-23-47-35(24-46-33)53-13-11-26(12-14-53)25-51-15-17-52(18-16-51)29-6-8-31-28(19-29)22-48-54(39(31)58)34-9-10-36(55)49-38(34)57/h5-8,19-20,22-24,26,34,40-41H,9-18,25H2,1-4H3,(H,50,56)(H,49,55,57)/t34?,40-,41-. The third-order valence-electron chi connectivity index (χ3n) is 12.8. The highest BCUT2D eigenvalue weighted by Crippen LogP contribution is 2.55. The number of carbonyl (C=O) groups excluding carboxylic acids is 3. The average Bonchev–Trinajstić information content (AvgIpc) is 3.22. The second-order valence-corrected chi connectivity index (χ2v) is 17.8. The summed E-state index contributed by atoms with van der Waals surface area (Å²) in [5, 5.41) is 20.6. The summed E-state index contributed by atoms with van der Waals surface area (Å²) < 4.78 is 7.56. The fourth-order valence-corrected chi connectivity index (χ4v) is 10.00. The molecule has 0 spiro atoms. The number of imide groups is 1. The highest BCUT2D eigenvalue weighted by atomic mass is 35.5. The fraction of sp³-hybridized carbons (Fsp3) is 0.488. The van der Waals surface area contributed by atoms with Gasteiger partial charge in [-0.15, -0.1) is 0 Å². The number of halogens is 1. The van der Waals surface area contributed by atoms with Gasteiger partial charge in [-0.2, -0.15) is 10.4 Å². The molecule has 15 nitrogen and oxygen atoms in total. The summed E-state index contributed by atoms with van der Waals surface area (Å²) in [5.74, 6) is 0.829. The molecule has 59 heavy (non-hydrogen) atoms. The molecule has 1 aliphatic carbocycles. The molecule has 3 aliphatic heterocycles. The van der Waals surface area contributed by atoms with Crippen LogP contribution in [0, 0.1) is 28.1 Å². The van der Waals surface area contributed by atoms with E-state index < -0.39 is 22.8 Å². The number of piperidine rings is 2. The zero-order valence-electron chi connectivity index (χ0n) is 33.8. The van der Waals surface area contributed by atoms with Crippen LogP contribution in [0.5, 0.6) is 5.75 Å². The van der Waals surface area contributed by atoms with Crippen molar-refractivity contribution in [3.8, 4) is 11.8 Å². The van der Waals surface area contributed by atoms with Gasteiger partial charge in [-0.25, -0.2) is 14.6 Å². The van der Waals surface area contributed by atoms with Crippen LogP contribution in [0.2, 0.25) is 5.02 Å². The molecule has 4 aromatic rings. The molecule has 3 saturated heterocycles. The Hall–Kier alpha value is -5.59. The van der Waals surface area contributed by atoms with Crippen LogP contribution < -0.4 is 30.7 Å². The maximum Gasteiger partial charge on any atom is 0.275 e. The number of amides is 3. The van der Waals surface area contributed by atoms with Crippen molar-refractivity contribution in [3.63, 3.8) is 0 Å². The van der Waals surface area contributed by atoms with E-state index in [0.717, 1.165) is 75.5 Å². The number of nitrogens with one attached hydrogen (secondary N) is 2. The summed E-state index contributed by atoms with van der Waals surface area (Å²) >= 11 is 6.24. The maximum absolute atomic E-state index is 13.4. The second kappa shape index (κ2) is 15.9. The van der Waals surface area contributed by atoms with Crippen LogP contribution in [0.4, 0.5) is 11.5 Å². The van der Waals surface area contributed by atoms with Crippen LogP contribution in [-0.2, 0) is 9.59 Å². The molecule has 2 aromatic heterocycles. The lowest BCUT2D eigenvalue weighted by molar-refractivity contribution is -0.164. The first kappa shape index (κ1) is 40.2. The number of ether oxygens (including phenoxy) is 1. The Balaban J connectivity index is 0.792. The summed E-state index contributed by atoms with van der Waals surface area (Å²) in [6.45, 7) is 14.7. The normalized spacial score (nSPS) is 23.3. The highest BCUT2D eigenvalue weighted by molar-refractivity contribution is 6.31. The third kappa shape index (κ3) is 7.83. The largest absolute Gasteiger partial charge is 0.489 e. The van der Waals surface area contributed by atoms with Gasteiger partial charge >= 0.3 is 0 Å². The van der Waals surface area contributed by atoms with Gasteiger partial charge in [0.05, 0.1) is 34.6 Å². The number of nitriles is 1. The minimum Gasteiger partial charge on any atom is -0.489 e. The van der Waals surface area contributed by atoms with Crippen LogP contribution in [0.3, 0.4) is 0 Å². The summed E-state index contributed by atoms with van der Waals surface area (Å²) in [6, 6.07) is 11.9. The number of hydrogen-bond acceptors (Lipinski definition) is 12.